The van der Waals surface area contributed by atoms with E-state index in [0.717, 1.165) is 16.9 Å². The number of benzene rings is 1. The average molecular weight is 437 g/mol. The molecule has 0 aliphatic heterocycles. The molecule has 0 saturated heterocycles. The lowest BCUT2D eigenvalue weighted by Gasteiger charge is -2.13. The van der Waals surface area contributed by atoms with Gasteiger partial charge in [-0.1, -0.05) is 6.07 Å². The number of esters is 3. The van der Waals surface area contributed by atoms with Gasteiger partial charge in [0.25, 0.3) is 0 Å². The standard InChI is InChI=1S/C19H20N2O6S2/c1-9-6-7-11(16(22)25-3)8-12(9)20-19(28)21-15-13(17(23)26-4)10(2)14(29-15)18(24)27-5/h6-8H,1-5H3,(H2,20,21,28). The number of carbonyl (C=O) groups is 3. The number of aryl methyl sites for hydroxylation is 1. The molecule has 0 aliphatic carbocycles. The largest absolute Gasteiger partial charge is 0.465 e. The molecule has 2 N–H and O–H groups in total. The highest BCUT2D eigenvalue weighted by molar-refractivity contribution is 7.80. The van der Waals surface area contributed by atoms with Gasteiger partial charge in [0.15, 0.2) is 5.11 Å². The van der Waals surface area contributed by atoms with Crippen LogP contribution in [-0.2, 0) is 14.2 Å². The second-order valence-corrected chi connectivity index (χ2v) is 7.27. The van der Waals surface area contributed by atoms with Gasteiger partial charge in [-0.15, -0.1) is 11.3 Å². The molecule has 29 heavy (non-hydrogen) atoms. The minimum absolute atomic E-state index is 0.165. The van der Waals surface area contributed by atoms with E-state index in [1.807, 2.05) is 6.92 Å². The number of nitrogens with one attached hydrogen (secondary N) is 2. The van der Waals surface area contributed by atoms with Gasteiger partial charge in [0, 0.05) is 5.69 Å². The number of carbonyl (C=O) groups excluding carboxylic acids is 3. The molecule has 8 nitrogen and oxygen atoms in total. The highest BCUT2D eigenvalue weighted by atomic mass is 32.1. The van der Waals surface area contributed by atoms with E-state index in [2.05, 4.69) is 10.6 Å². The van der Waals surface area contributed by atoms with Crippen LogP contribution in [0, 0.1) is 13.8 Å². The van der Waals surface area contributed by atoms with Crippen LogP contribution < -0.4 is 10.6 Å². The highest BCUT2D eigenvalue weighted by Crippen LogP contribution is 2.34. The summed E-state index contributed by atoms with van der Waals surface area (Å²) >= 11 is 6.37. The summed E-state index contributed by atoms with van der Waals surface area (Å²) in [7, 11) is 3.81. The predicted octanol–water partition coefficient (Wildman–Crippen LogP) is 3.53. The van der Waals surface area contributed by atoms with Gasteiger partial charge in [-0.3, -0.25) is 0 Å². The SMILES string of the molecule is COC(=O)c1ccc(C)c(NC(=S)Nc2sc(C(=O)OC)c(C)c2C(=O)OC)c1. The Labute approximate surface area is 177 Å². The van der Waals surface area contributed by atoms with Crippen molar-refractivity contribution in [2.75, 3.05) is 32.0 Å². The molecule has 1 heterocycles. The number of anilines is 2. The van der Waals surface area contributed by atoms with Gasteiger partial charge in [0.2, 0.25) is 0 Å². The van der Waals surface area contributed by atoms with Crippen molar-refractivity contribution < 1.29 is 28.6 Å². The number of thiophene rings is 1. The molecule has 0 bridgehead atoms. The van der Waals surface area contributed by atoms with Gasteiger partial charge in [-0.2, -0.15) is 0 Å². The molecule has 0 saturated carbocycles. The third-order valence-corrected chi connectivity index (χ3v) is 5.43. The Balaban J connectivity index is 2.32. The fourth-order valence-electron chi connectivity index (χ4n) is 2.49. The summed E-state index contributed by atoms with van der Waals surface area (Å²) in [5.74, 6) is -1.65. The summed E-state index contributed by atoms with van der Waals surface area (Å²) in [5, 5.41) is 6.41. The molecule has 10 heteroatoms. The maximum atomic E-state index is 12.2. The van der Waals surface area contributed by atoms with E-state index in [0.29, 0.717) is 21.8 Å². The maximum Gasteiger partial charge on any atom is 0.348 e. The molecule has 1 aromatic carbocycles. The monoisotopic (exact) mass is 436 g/mol. The second-order valence-electron chi connectivity index (χ2n) is 5.84. The van der Waals surface area contributed by atoms with Gasteiger partial charge < -0.3 is 24.8 Å². The topological polar surface area (TPSA) is 103 Å². The molecular formula is C19H20N2O6S2. The Morgan fingerprint density at radius 3 is 2.14 bits per heavy atom. The zero-order chi connectivity index (χ0) is 21.7. The fourth-order valence-corrected chi connectivity index (χ4v) is 3.89. The van der Waals surface area contributed by atoms with Crippen molar-refractivity contribution in [2.24, 2.45) is 0 Å². The number of rotatable bonds is 5. The number of methoxy groups -OCH3 is 3. The Hall–Kier alpha value is -2.98. The molecule has 0 atom stereocenters. The summed E-state index contributed by atoms with van der Waals surface area (Å²) in [5.41, 5.74) is 2.42. The molecule has 0 aliphatic rings. The first-order valence-electron chi connectivity index (χ1n) is 8.30. The van der Waals surface area contributed by atoms with Crippen molar-refractivity contribution in [3.05, 3.63) is 45.3 Å². The molecule has 0 unspecified atom stereocenters. The van der Waals surface area contributed by atoms with Crippen LogP contribution in [0.3, 0.4) is 0 Å². The van der Waals surface area contributed by atoms with E-state index < -0.39 is 17.9 Å². The summed E-state index contributed by atoms with van der Waals surface area (Å²) in [6, 6.07) is 5.00. The van der Waals surface area contributed by atoms with Crippen LogP contribution in [0.1, 0.15) is 41.5 Å². The Morgan fingerprint density at radius 2 is 1.55 bits per heavy atom. The van der Waals surface area contributed by atoms with Gasteiger partial charge in [-0.05, 0) is 49.3 Å². The first kappa shape index (κ1) is 22.3. The van der Waals surface area contributed by atoms with E-state index in [1.165, 1.54) is 21.3 Å². The highest BCUT2D eigenvalue weighted by Gasteiger charge is 2.26. The van der Waals surface area contributed by atoms with Crippen molar-refractivity contribution in [3.63, 3.8) is 0 Å². The zero-order valence-electron chi connectivity index (χ0n) is 16.5. The number of hydrogen-bond donors (Lipinski definition) is 2. The van der Waals surface area contributed by atoms with E-state index in [-0.39, 0.29) is 15.6 Å². The van der Waals surface area contributed by atoms with Crippen molar-refractivity contribution in [3.8, 4) is 0 Å². The van der Waals surface area contributed by atoms with Crippen molar-refractivity contribution >= 4 is 57.3 Å². The Bertz CT molecular complexity index is 983. The summed E-state index contributed by atoms with van der Waals surface area (Å²) < 4.78 is 14.3. The molecule has 0 amide bonds. The van der Waals surface area contributed by atoms with Crippen LogP contribution in [0.5, 0.6) is 0 Å². The van der Waals surface area contributed by atoms with Crippen molar-refractivity contribution in [1.29, 1.82) is 0 Å². The van der Waals surface area contributed by atoms with Crippen LogP contribution in [0.2, 0.25) is 0 Å². The van der Waals surface area contributed by atoms with Gasteiger partial charge in [0.05, 0.1) is 32.5 Å². The molecule has 0 radical (unpaired) electrons. The molecule has 1 aromatic heterocycles. The predicted molar refractivity (Wildman–Crippen MR) is 114 cm³/mol. The van der Waals surface area contributed by atoms with Crippen molar-refractivity contribution in [1.82, 2.24) is 0 Å². The van der Waals surface area contributed by atoms with Crippen LogP contribution in [0.15, 0.2) is 18.2 Å². The molecule has 0 spiro atoms. The normalized spacial score (nSPS) is 10.1. The Kier molecular flexibility index (Phi) is 7.29. The number of ether oxygens (including phenoxy) is 3. The van der Waals surface area contributed by atoms with Crippen LogP contribution in [0.25, 0.3) is 0 Å². The second kappa shape index (κ2) is 9.48. The Morgan fingerprint density at radius 1 is 0.931 bits per heavy atom. The quantitative estimate of drug-likeness (QED) is 0.414. The lowest BCUT2D eigenvalue weighted by atomic mass is 10.1. The summed E-state index contributed by atoms with van der Waals surface area (Å²) in [4.78, 5) is 36.2. The van der Waals surface area contributed by atoms with Crippen LogP contribution in [0.4, 0.5) is 10.7 Å². The first-order valence-corrected chi connectivity index (χ1v) is 9.52. The van der Waals surface area contributed by atoms with E-state index >= 15 is 0 Å². The zero-order valence-corrected chi connectivity index (χ0v) is 18.1. The van der Waals surface area contributed by atoms with Crippen molar-refractivity contribution in [2.45, 2.75) is 13.8 Å². The van der Waals surface area contributed by atoms with Gasteiger partial charge >= 0.3 is 17.9 Å². The minimum Gasteiger partial charge on any atom is -0.465 e. The van der Waals surface area contributed by atoms with E-state index in [4.69, 9.17) is 26.4 Å². The maximum absolute atomic E-state index is 12.2. The molecule has 154 valence electrons. The first-order chi connectivity index (χ1) is 13.7. The molecular weight excluding hydrogens is 416 g/mol. The van der Waals surface area contributed by atoms with E-state index in [9.17, 15) is 14.4 Å². The minimum atomic E-state index is -0.608. The number of thiocarbonyl (C=S) groups is 1. The smallest absolute Gasteiger partial charge is 0.348 e. The summed E-state index contributed by atoms with van der Waals surface area (Å²) in [6.07, 6.45) is 0. The van der Waals surface area contributed by atoms with Gasteiger partial charge in [-0.25, -0.2) is 14.4 Å². The third-order valence-electron chi connectivity index (χ3n) is 4.04. The lowest BCUT2D eigenvalue weighted by Crippen LogP contribution is -2.21. The average Bonchev–Trinajstić information content (AvgIpc) is 3.03. The third kappa shape index (κ3) is 4.90. The van der Waals surface area contributed by atoms with Crippen LogP contribution in [-0.4, -0.2) is 44.3 Å². The van der Waals surface area contributed by atoms with Gasteiger partial charge in [0.1, 0.15) is 9.88 Å². The number of hydrogen-bond acceptors (Lipinski definition) is 8. The fraction of sp³-hybridized carbons (Fsp3) is 0.263. The lowest BCUT2D eigenvalue weighted by molar-refractivity contribution is 0.0589. The van der Waals surface area contributed by atoms with E-state index in [1.54, 1.807) is 25.1 Å². The molecule has 2 aromatic rings. The van der Waals surface area contributed by atoms with Crippen LogP contribution >= 0.6 is 23.6 Å². The summed E-state index contributed by atoms with van der Waals surface area (Å²) in [6.45, 7) is 3.47. The molecule has 0 fully saturated rings. The molecule has 2 rings (SSSR count).